The molecule has 0 N–H and O–H groups in total. The van der Waals surface area contributed by atoms with Crippen LogP contribution >= 0.6 is 11.6 Å². The van der Waals surface area contributed by atoms with Crippen molar-refractivity contribution in [1.82, 2.24) is 0 Å². The third kappa shape index (κ3) is 2.86. The molecule has 7 heteroatoms. The Kier molecular flexibility index (Phi) is 4.49. The van der Waals surface area contributed by atoms with E-state index in [1.54, 1.807) is 13.8 Å². The van der Waals surface area contributed by atoms with Crippen LogP contribution in [-0.4, -0.2) is 18.1 Å². The smallest absolute Gasteiger partial charge is 0.427 e. The van der Waals surface area contributed by atoms with E-state index in [1.807, 2.05) is 0 Å². The maximum absolute atomic E-state index is 14.9. The number of halogens is 2. The van der Waals surface area contributed by atoms with E-state index >= 15 is 0 Å². The highest BCUT2D eigenvalue weighted by atomic mass is 35.5. The fourth-order valence-corrected chi connectivity index (χ4v) is 3.05. The van der Waals surface area contributed by atoms with Gasteiger partial charge in [0.2, 0.25) is 0 Å². The summed E-state index contributed by atoms with van der Waals surface area (Å²) in [5.41, 5.74) is 0.311. The first kappa shape index (κ1) is 16.8. The Morgan fingerprint density at radius 1 is 1.29 bits per heavy atom. The van der Waals surface area contributed by atoms with Crippen LogP contribution < -0.4 is 9.64 Å². The van der Waals surface area contributed by atoms with Crippen LogP contribution in [0.1, 0.15) is 39.5 Å². The number of carbonyl (C=O) groups excluding carboxylic acids is 2. The van der Waals surface area contributed by atoms with Crippen LogP contribution in [0.4, 0.5) is 14.9 Å². The molecule has 0 aromatic heterocycles. The predicted octanol–water partition coefficient (Wildman–Crippen LogP) is 4.58. The molecule has 1 aliphatic heterocycles. The number of ether oxygens (including phenoxy) is 2. The average Bonchev–Trinajstić information content (AvgIpc) is 3.13. The van der Waals surface area contributed by atoms with Crippen LogP contribution in [0.15, 0.2) is 23.5 Å². The molecule has 0 unspecified atom stereocenters. The lowest BCUT2D eigenvalue weighted by Crippen LogP contribution is -2.29. The normalized spacial score (nSPS) is 18.3. The molecule has 0 radical (unpaired) electrons. The lowest BCUT2D eigenvalue weighted by atomic mass is 10.2. The summed E-state index contributed by atoms with van der Waals surface area (Å²) < 4.78 is 25.5. The van der Waals surface area contributed by atoms with E-state index in [2.05, 4.69) is 0 Å². The molecule has 1 saturated heterocycles. The molecule has 1 saturated carbocycles. The van der Waals surface area contributed by atoms with Gasteiger partial charge in [-0.15, -0.1) is 0 Å². The molecule has 0 atom stereocenters. The number of cyclic esters (lactones) is 1. The minimum atomic E-state index is -0.941. The first-order valence-corrected chi connectivity index (χ1v) is 8.16. The second-order valence-corrected chi connectivity index (χ2v) is 6.48. The van der Waals surface area contributed by atoms with Gasteiger partial charge in [-0.25, -0.2) is 14.1 Å². The van der Waals surface area contributed by atoms with E-state index in [0.29, 0.717) is 10.5 Å². The largest absolute Gasteiger partial charge is 0.486 e. The van der Waals surface area contributed by atoms with Crippen LogP contribution in [0.25, 0.3) is 0 Å². The molecule has 1 aromatic rings. The van der Waals surface area contributed by atoms with Crippen molar-refractivity contribution in [2.75, 3.05) is 4.90 Å². The van der Waals surface area contributed by atoms with E-state index in [0.717, 1.165) is 25.7 Å². The van der Waals surface area contributed by atoms with Crippen LogP contribution in [0.3, 0.4) is 0 Å². The lowest BCUT2D eigenvalue weighted by molar-refractivity contribution is -0.114. The standard InChI is InChI=1S/C17H17ClFNO4/c1-9(2)14-16(21)20(17(22)24-14)12-8-7-11(18)15(13(12)19)23-10-5-3-4-6-10/h7-8,10H,3-6H2,1-2H3. The Hall–Kier alpha value is -2.08. The van der Waals surface area contributed by atoms with Crippen molar-refractivity contribution in [3.8, 4) is 5.75 Å². The Labute approximate surface area is 144 Å². The topological polar surface area (TPSA) is 55.8 Å². The van der Waals surface area contributed by atoms with E-state index < -0.39 is 17.8 Å². The summed E-state index contributed by atoms with van der Waals surface area (Å²) in [6.07, 6.45) is 2.64. The molecule has 24 heavy (non-hydrogen) atoms. The average molecular weight is 354 g/mol. The first-order valence-electron chi connectivity index (χ1n) is 7.78. The maximum atomic E-state index is 14.9. The van der Waals surface area contributed by atoms with E-state index in [9.17, 15) is 14.0 Å². The Bertz CT molecular complexity index is 736. The number of allylic oxidation sites excluding steroid dienone is 1. The monoisotopic (exact) mass is 353 g/mol. The Balaban J connectivity index is 1.98. The lowest BCUT2D eigenvalue weighted by Gasteiger charge is -2.18. The summed E-state index contributed by atoms with van der Waals surface area (Å²) >= 11 is 6.04. The molecule has 1 aromatic carbocycles. The summed E-state index contributed by atoms with van der Waals surface area (Å²) in [6, 6.07) is 2.68. The van der Waals surface area contributed by atoms with Gasteiger partial charge in [-0.05, 0) is 57.2 Å². The molecule has 128 valence electrons. The number of anilines is 1. The number of amides is 2. The number of hydrogen-bond acceptors (Lipinski definition) is 4. The summed E-state index contributed by atoms with van der Waals surface area (Å²) in [4.78, 5) is 25.0. The minimum absolute atomic E-state index is 0.0902. The van der Waals surface area contributed by atoms with Gasteiger partial charge in [-0.3, -0.25) is 4.79 Å². The summed E-state index contributed by atoms with van der Waals surface area (Å²) in [7, 11) is 0. The van der Waals surface area contributed by atoms with Gasteiger partial charge >= 0.3 is 12.0 Å². The molecule has 5 nitrogen and oxygen atoms in total. The molecule has 2 fully saturated rings. The zero-order chi connectivity index (χ0) is 17.4. The van der Waals surface area contributed by atoms with Crippen molar-refractivity contribution in [2.45, 2.75) is 45.6 Å². The minimum Gasteiger partial charge on any atom is -0.486 e. The second kappa shape index (κ2) is 6.43. The number of rotatable bonds is 3. The SMILES string of the molecule is CC(C)=C1OC(=O)N(c2ccc(Cl)c(OC3CCCC3)c2F)C1=O. The van der Waals surface area contributed by atoms with Gasteiger partial charge in [0, 0.05) is 0 Å². The predicted molar refractivity (Wildman–Crippen MR) is 86.6 cm³/mol. The number of carbonyl (C=O) groups is 2. The molecule has 0 bridgehead atoms. The zero-order valence-corrected chi connectivity index (χ0v) is 14.2. The molecular weight excluding hydrogens is 337 g/mol. The van der Waals surface area contributed by atoms with Gasteiger partial charge in [-0.2, -0.15) is 0 Å². The van der Waals surface area contributed by atoms with Crippen LogP contribution in [0.5, 0.6) is 5.75 Å². The van der Waals surface area contributed by atoms with Crippen LogP contribution in [0.2, 0.25) is 5.02 Å². The van der Waals surface area contributed by atoms with E-state index in [4.69, 9.17) is 21.1 Å². The highest BCUT2D eigenvalue weighted by Crippen LogP contribution is 2.39. The summed E-state index contributed by atoms with van der Waals surface area (Å²) in [6.45, 7) is 3.27. The number of hydrogen-bond donors (Lipinski definition) is 0. The van der Waals surface area contributed by atoms with Gasteiger partial charge in [0.1, 0.15) is 0 Å². The Morgan fingerprint density at radius 3 is 2.54 bits per heavy atom. The second-order valence-electron chi connectivity index (χ2n) is 6.07. The van der Waals surface area contributed by atoms with Crippen molar-refractivity contribution in [1.29, 1.82) is 0 Å². The van der Waals surface area contributed by atoms with Crippen molar-refractivity contribution >= 4 is 29.3 Å². The summed E-state index contributed by atoms with van der Waals surface area (Å²) in [5, 5.41) is 0.102. The number of imide groups is 1. The third-order valence-electron chi connectivity index (χ3n) is 4.08. The van der Waals surface area contributed by atoms with Crippen LogP contribution in [-0.2, 0) is 9.53 Å². The van der Waals surface area contributed by atoms with Gasteiger partial charge in [-0.1, -0.05) is 11.6 Å². The van der Waals surface area contributed by atoms with Crippen molar-refractivity contribution < 1.29 is 23.5 Å². The molecule has 3 rings (SSSR count). The zero-order valence-electron chi connectivity index (χ0n) is 13.4. The van der Waals surface area contributed by atoms with Crippen molar-refractivity contribution in [3.05, 3.63) is 34.3 Å². The van der Waals surface area contributed by atoms with Gasteiger partial charge in [0.15, 0.2) is 17.3 Å². The highest BCUT2D eigenvalue weighted by molar-refractivity contribution is 6.32. The first-order chi connectivity index (χ1) is 11.4. The van der Waals surface area contributed by atoms with Crippen molar-refractivity contribution in [2.24, 2.45) is 0 Å². The molecule has 0 spiro atoms. The number of nitrogens with zero attached hydrogens (tertiary/aromatic N) is 1. The fraction of sp³-hybridized carbons (Fsp3) is 0.412. The molecule has 1 heterocycles. The molecule has 1 aliphatic carbocycles. The summed E-state index contributed by atoms with van der Waals surface area (Å²) in [5.74, 6) is -1.76. The molecular formula is C17H17ClFNO4. The quantitative estimate of drug-likeness (QED) is 0.746. The maximum Gasteiger partial charge on any atom is 0.427 e. The van der Waals surface area contributed by atoms with Gasteiger partial charge in [0.25, 0.3) is 0 Å². The van der Waals surface area contributed by atoms with E-state index in [-0.39, 0.29) is 28.3 Å². The Morgan fingerprint density at radius 2 is 1.96 bits per heavy atom. The van der Waals surface area contributed by atoms with Gasteiger partial charge < -0.3 is 9.47 Å². The fourth-order valence-electron chi connectivity index (χ4n) is 2.86. The van der Waals surface area contributed by atoms with Gasteiger partial charge in [0.05, 0.1) is 16.8 Å². The third-order valence-corrected chi connectivity index (χ3v) is 4.38. The van der Waals surface area contributed by atoms with E-state index in [1.165, 1.54) is 12.1 Å². The van der Waals surface area contributed by atoms with Crippen LogP contribution in [0, 0.1) is 5.82 Å². The highest BCUT2D eigenvalue weighted by Gasteiger charge is 2.40. The molecule has 2 aliphatic rings. The van der Waals surface area contributed by atoms with Crippen molar-refractivity contribution in [3.63, 3.8) is 0 Å². The molecule has 2 amide bonds. The number of benzene rings is 1.